The van der Waals surface area contributed by atoms with Gasteiger partial charge >= 0.3 is 0 Å². The lowest BCUT2D eigenvalue weighted by Gasteiger charge is -2.39. The summed E-state index contributed by atoms with van der Waals surface area (Å²) in [5.74, 6) is 0.775. The number of piperidine rings is 1. The lowest BCUT2D eigenvalue weighted by molar-refractivity contribution is -0.128. The number of nitrogens with zero attached hydrogens (tertiary/aromatic N) is 3. The number of anilines is 2. The van der Waals surface area contributed by atoms with Crippen molar-refractivity contribution < 1.29 is 4.79 Å². The van der Waals surface area contributed by atoms with Crippen LogP contribution in [0.1, 0.15) is 50.6 Å². The first-order valence-corrected chi connectivity index (χ1v) is 11.5. The summed E-state index contributed by atoms with van der Waals surface area (Å²) in [5.41, 5.74) is 14.8. The average molecular weight is 435 g/mol. The lowest BCUT2D eigenvalue weighted by Crippen LogP contribution is -2.52. The molecule has 0 spiro atoms. The largest absolute Gasteiger partial charge is 0.382 e. The minimum absolute atomic E-state index is 0.00514. The zero-order valence-electron chi connectivity index (χ0n) is 18.2. The Bertz CT molecular complexity index is 1130. The zero-order valence-corrected chi connectivity index (χ0v) is 18.2. The summed E-state index contributed by atoms with van der Waals surface area (Å²) in [6.07, 6.45) is 6.89. The van der Waals surface area contributed by atoms with E-state index in [0.29, 0.717) is 5.82 Å². The maximum Gasteiger partial charge on any atom is 0.225 e. The molecule has 2 aromatic heterocycles. The number of nitrogen functional groups attached to an aromatic ring is 2. The molecule has 1 saturated carbocycles. The van der Waals surface area contributed by atoms with E-state index in [2.05, 4.69) is 30.8 Å². The number of aromatic nitrogens is 4. The van der Waals surface area contributed by atoms with E-state index in [4.69, 9.17) is 11.5 Å². The molecule has 9 nitrogen and oxygen atoms in total. The molecule has 1 amide bonds. The van der Waals surface area contributed by atoms with Crippen LogP contribution in [-0.4, -0.2) is 39.2 Å². The van der Waals surface area contributed by atoms with Crippen molar-refractivity contribution in [2.24, 2.45) is 5.92 Å². The third kappa shape index (κ3) is 3.88. The number of rotatable bonds is 4. The number of aromatic amines is 1. The van der Waals surface area contributed by atoms with Crippen LogP contribution in [0.3, 0.4) is 0 Å². The summed E-state index contributed by atoms with van der Waals surface area (Å²) in [4.78, 5) is 22.3. The molecule has 32 heavy (non-hydrogen) atoms. The molecule has 5 rings (SSSR count). The van der Waals surface area contributed by atoms with Crippen LogP contribution in [0.5, 0.6) is 0 Å². The van der Waals surface area contributed by atoms with E-state index in [0.717, 1.165) is 85.9 Å². The molecule has 3 heterocycles. The van der Waals surface area contributed by atoms with Gasteiger partial charge in [0.2, 0.25) is 11.9 Å². The molecule has 1 atom stereocenters. The summed E-state index contributed by atoms with van der Waals surface area (Å²) in [5, 5.41) is 14.6. The predicted octanol–water partition coefficient (Wildman–Crippen LogP) is 2.46. The standard InChI is InChI=1S/C23H30N8O/c24-20-16-7-6-14(11-18(16)30-31-20)17-12-19(28-22(25)27-17)23(8-2-1-3-9-23)29-21(32)15-5-4-10-26-13-15/h6-7,11-12,15,26H,1-5,8-10,13H2,(H,29,32)(H3,24,30,31)(H2,25,27,28)/t15-/m0/s1. The maximum atomic E-state index is 13.2. The molecule has 1 aliphatic heterocycles. The smallest absolute Gasteiger partial charge is 0.225 e. The van der Waals surface area contributed by atoms with Gasteiger partial charge in [0.05, 0.1) is 28.4 Å². The summed E-state index contributed by atoms with van der Waals surface area (Å²) < 4.78 is 0. The first kappa shape index (κ1) is 20.7. The molecule has 1 aromatic carbocycles. The van der Waals surface area contributed by atoms with Gasteiger partial charge in [-0.2, -0.15) is 5.10 Å². The summed E-state index contributed by atoms with van der Waals surface area (Å²) in [7, 11) is 0. The van der Waals surface area contributed by atoms with Crippen LogP contribution < -0.4 is 22.1 Å². The number of amides is 1. The Balaban J connectivity index is 1.51. The summed E-state index contributed by atoms with van der Waals surface area (Å²) >= 11 is 0. The Morgan fingerprint density at radius 1 is 1.09 bits per heavy atom. The average Bonchev–Trinajstić information content (AvgIpc) is 3.20. The van der Waals surface area contributed by atoms with Crippen LogP contribution in [0.2, 0.25) is 0 Å². The van der Waals surface area contributed by atoms with E-state index >= 15 is 0 Å². The van der Waals surface area contributed by atoms with Crippen LogP contribution in [0.15, 0.2) is 24.3 Å². The van der Waals surface area contributed by atoms with Gasteiger partial charge < -0.3 is 22.1 Å². The molecule has 1 aliphatic carbocycles. The van der Waals surface area contributed by atoms with Gasteiger partial charge in [0.25, 0.3) is 0 Å². The number of hydrogen-bond donors (Lipinski definition) is 5. The Morgan fingerprint density at radius 2 is 1.94 bits per heavy atom. The van der Waals surface area contributed by atoms with E-state index in [1.54, 1.807) is 0 Å². The molecule has 9 heteroatoms. The minimum Gasteiger partial charge on any atom is -0.382 e. The highest BCUT2D eigenvalue weighted by atomic mass is 16.2. The molecule has 1 saturated heterocycles. The second-order valence-electron chi connectivity index (χ2n) is 9.04. The van der Waals surface area contributed by atoms with Crippen LogP contribution in [0, 0.1) is 5.92 Å². The molecule has 0 unspecified atom stereocenters. The Kier molecular flexibility index (Phi) is 5.42. The molecule has 168 valence electrons. The van der Waals surface area contributed by atoms with Crippen molar-refractivity contribution in [1.82, 2.24) is 30.8 Å². The fourth-order valence-corrected chi connectivity index (χ4v) is 5.07. The predicted molar refractivity (Wildman–Crippen MR) is 124 cm³/mol. The molecule has 2 aliphatic rings. The van der Waals surface area contributed by atoms with Crippen molar-refractivity contribution >= 4 is 28.6 Å². The van der Waals surface area contributed by atoms with Crippen LogP contribution >= 0.6 is 0 Å². The van der Waals surface area contributed by atoms with Crippen molar-refractivity contribution in [2.45, 2.75) is 50.5 Å². The number of nitrogens with two attached hydrogens (primary N) is 2. The first-order valence-electron chi connectivity index (χ1n) is 11.5. The molecule has 3 aromatic rings. The third-order valence-corrected chi connectivity index (χ3v) is 6.86. The first-order chi connectivity index (χ1) is 15.5. The Labute approximate surface area is 186 Å². The maximum absolute atomic E-state index is 13.2. The third-order valence-electron chi connectivity index (χ3n) is 6.86. The molecule has 0 radical (unpaired) electrons. The second kappa shape index (κ2) is 8.38. The summed E-state index contributed by atoms with van der Waals surface area (Å²) in [6.45, 7) is 1.71. The Morgan fingerprint density at radius 3 is 2.72 bits per heavy atom. The molecule has 7 N–H and O–H groups in total. The topological polar surface area (TPSA) is 148 Å². The van der Waals surface area contributed by atoms with E-state index in [-0.39, 0.29) is 17.8 Å². The number of carbonyl (C=O) groups excluding carboxylic acids is 1. The SMILES string of the molecule is Nc1nc(-c2ccc3c(N)n[nH]c3c2)cc(C2(NC(=O)[C@H]3CCCNC3)CCCCC2)n1. The van der Waals surface area contributed by atoms with Crippen LogP contribution in [0.25, 0.3) is 22.2 Å². The van der Waals surface area contributed by atoms with Gasteiger partial charge in [-0.25, -0.2) is 9.97 Å². The zero-order chi connectivity index (χ0) is 22.1. The highest BCUT2D eigenvalue weighted by Crippen LogP contribution is 2.38. The number of carbonyl (C=O) groups is 1. The number of hydrogen-bond acceptors (Lipinski definition) is 7. The van der Waals surface area contributed by atoms with Crippen LogP contribution in [-0.2, 0) is 10.3 Å². The normalized spacial score (nSPS) is 20.8. The van der Waals surface area contributed by atoms with Gasteiger partial charge in [-0.3, -0.25) is 9.89 Å². The van der Waals surface area contributed by atoms with E-state index < -0.39 is 5.54 Å². The van der Waals surface area contributed by atoms with E-state index in [1.807, 2.05) is 24.3 Å². The monoisotopic (exact) mass is 434 g/mol. The van der Waals surface area contributed by atoms with Crippen molar-refractivity contribution in [3.05, 3.63) is 30.0 Å². The number of H-pyrrole nitrogens is 1. The molecular formula is C23H30N8O. The van der Waals surface area contributed by atoms with Crippen molar-refractivity contribution in [2.75, 3.05) is 24.6 Å². The van der Waals surface area contributed by atoms with Crippen LogP contribution in [0.4, 0.5) is 11.8 Å². The van der Waals surface area contributed by atoms with Gasteiger partial charge in [0.1, 0.15) is 0 Å². The van der Waals surface area contributed by atoms with Gasteiger partial charge in [-0.1, -0.05) is 25.3 Å². The van der Waals surface area contributed by atoms with Crippen molar-refractivity contribution in [3.63, 3.8) is 0 Å². The lowest BCUT2D eigenvalue weighted by atomic mass is 9.78. The molecule has 2 fully saturated rings. The van der Waals surface area contributed by atoms with Gasteiger partial charge in [-0.15, -0.1) is 0 Å². The number of nitrogens with one attached hydrogen (secondary N) is 3. The van der Waals surface area contributed by atoms with E-state index in [9.17, 15) is 4.79 Å². The van der Waals surface area contributed by atoms with Crippen molar-refractivity contribution in [3.8, 4) is 11.3 Å². The highest BCUT2D eigenvalue weighted by molar-refractivity contribution is 5.91. The Hall–Kier alpha value is -3.20. The fraction of sp³-hybridized carbons (Fsp3) is 0.478. The van der Waals surface area contributed by atoms with Gasteiger partial charge in [-0.05, 0) is 50.4 Å². The minimum atomic E-state index is -0.513. The fourth-order valence-electron chi connectivity index (χ4n) is 5.07. The quantitative estimate of drug-likeness (QED) is 0.423. The number of benzene rings is 1. The number of fused-ring (bicyclic) bond motifs is 1. The van der Waals surface area contributed by atoms with Gasteiger partial charge in [0, 0.05) is 17.5 Å². The highest BCUT2D eigenvalue weighted by Gasteiger charge is 2.39. The summed E-state index contributed by atoms with van der Waals surface area (Å²) in [6, 6.07) is 7.82. The van der Waals surface area contributed by atoms with Crippen molar-refractivity contribution in [1.29, 1.82) is 0 Å². The second-order valence-corrected chi connectivity index (χ2v) is 9.04. The molecular weight excluding hydrogens is 404 g/mol. The van der Waals surface area contributed by atoms with Gasteiger partial charge in [0.15, 0.2) is 5.82 Å². The van der Waals surface area contributed by atoms with E-state index in [1.165, 1.54) is 0 Å². The molecule has 0 bridgehead atoms.